The van der Waals surface area contributed by atoms with Gasteiger partial charge >= 0.3 is 0 Å². The molecule has 4 rings (SSSR count). The van der Waals surface area contributed by atoms with Gasteiger partial charge in [0.05, 0.1) is 25.9 Å². The van der Waals surface area contributed by atoms with Crippen molar-refractivity contribution in [1.29, 1.82) is 0 Å². The molecule has 0 unspecified atom stereocenters. The first kappa shape index (κ1) is 22.3. The van der Waals surface area contributed by atoms with Gasteiger partial charge < -0.3 is 10.1 Å². The number of unbranched alkanes of at least 4 members (excludes halogenated alkanes) is 1. The minimum atomic E-state index is -0.176. The molecule has 0 bridgehead atoms. The topological polar surface area (TPSA) is 91.0 Å². The lowest BCUT2D eigenvalue weighted by atomic mass is 10.2. The maximum absolute atomic E-state index is 12.8. The first-order chi connectivity index (χ1) is 16.2. The van der Waals surface area contributed by atoms with Gasteiger partial charge in [-0.1, -0.05) is 43.7 Å². The van der Waals surface area contributed by atoms with E-state index < -0.39 is 0 Å². The molecular formula is C25H27N5O3. The van der Waals surface area contributed by atoms with Crippen LogP contribution in [0.3, 0.4) is 0 Å². The molecule has 0 aliphatic rings. The van der Waals surface area contributed by atoms with Crippen molar-refractivity contribution in [3.63, 3.8) is 0 Å². The van der Waals surface area contributed by atoms with Gasteiger partial charge in [0, 0.05) is 12.1 Å². The van der Waals surface area contributed by atoms with Crippen LogP contribution in [0.1, 0.15) is 35.7 Å². The van der Waals surface area contributed by atoms with Crippen molar-refractivity contribution in [1.82, 2.24) is 24.6 Å². The fourth-order valence-corrected chi connectivity index (χ4v) is 3.47. The van der Waals surface area contributed by atoms with E-state index in [-0.39, 0.29) is 11.5 Å². The van der Waals surface area contributed by atoms with Crippen LogP contribution in [-0.2, 0) is 13.1 Å². The Morgan fingerprint density at radius 2 is 1.88 bits per heavy atom. The molecule has 170 valence electrons. The number of amides is 1. The predicted molar refractivity (Wildman–Crippen MR) is 127 cm³/mol. The Hall–Kier alpha value is -3.94. The van der Waals surface area contributed by atoms with Crippen molar-refractivity contribution in [3.8, 4) is 5.75 Å². The highest BCUT2D eigenvalue weighted by molar-refractivity contribution is 5.94. The molecule has 8 heteroatoms. The molecule has 0 saturated carbocycles. The number of rotatable bonds is 10. The van der Waals surface area contributed by atoms with Crippen molar-refractivity contribution < 1.29 is 9.53 Å². The molecule has 1 amide bonds. The zero-order valence-electron chi connectivity index (χ0n) is 18.6. The first-order valence-corrected chi connectivity index (χ1v) is 11.1. The Labute approximate surface area is 191 Å². The summed E-state index contributed by atoms with van der Waals surface area (Å²) in [5.74, 6) is 0.580. The van der Waals surface area contributed by atoms with E-state index in [2.05, 4.69) is 22.3 Å². The second-order valence-corrected chi connectivity index (χ2v) is 7.75. The third-order valence-corrected chi connectivity index (χ3v) is 5.31. The van der Waals surface area contributed by atoms with E-state index in [0.29, 0.717) is 42.8 Å². The summed E-state index contributed by atoms with van der Waals surface area (Å²) in [4.78, 5) is 29.7. The van der Waals surface area contributed by atoms with E-state index in [1.165, 1.54) is 6.20 Å². The molecule has 0 saturated heterocycles. The molecule has 0 fully saturated rings. The summed E-state index contributed by atoms with van der Waals surface area (Å²) < 4.78 is 8.83. The number of aromatic nitrogens is 4. The third kappa shape index (κ3) is 5.46. The van der Waals surface area contributed by atoms with Gasteiger partial charge in [-0.15, -0.1) is 0 Å². The largest absolute Gasteiger partial charge is 0.494 e. The highest BCUT2D eigenvalue weighted by Crippen LogP contribution is 2.13. The molecule has 2 heterocycles. The van der Waals surface area contributed by atoms with Crippen molar-refractivity contribution in [2.75, 3.05) is 13.2 Å². The lowest BCUT2D eigenvalue weighted by molar-refractivity contribution is 0.0952. The zero-order chi connectivity index (χ0) is 23.0. The van der Waals surface area contributed by atoms with Gasteiger partial charge in [-0.25, -0.2) is 9.67 Å². The lowest BCUT2D eigenvalue weighted by Gasteiger charge is -2.09. The van der Waals surface area contributed by atoms with Gasteiger partial charge in [0.2, 0.25) is 0 Å². The number of fused-ring (bicyclic) bond motifs is 1. The van der Waals surface area contributed by atoms with Gasteiger partial charge in [-0.05, 0) is 36.2 Å². The second kappa shape index (κ2) is 10.6. The third-order valence-electron chi connectivity index (χ3n) is 5.31. The van der Waals surface area contributed by atoms with Gasteiger partial charge in [-0.3, -0.25) is 14.2 Å². The number of carbonyl (C=O) groups is 1. The van der Waals surface area contributed by atoms with E-state index in [9.17, 15) is 9.59 Å². The highest BCUT2D eigenvalue weighted by Gasteiger charge is 2.11. The zero-order valence-corrected chi connectivity index (χ0v) is 18.6. The van der Waals surface area contributed by atoms with Gasteiger partial charge in [0.25, 0.3) is 11.5 Å². The average molecular weight is 446 g/mol. The minimum Gasteiger partial charge on any atom is -0.494 e. The standard InChI is InChI=1S/C25H27N5O3/c1-2-3-15-33-21-11-9-20(10-12-21)24(31)26-13-14-30-23-22(16-28-30)25(32)29(18-27-23)17-19-7-5-4-6-8-19/h4-12,16,18H,2-3,13-15,17H2,1H3,(H,26,31). The van der Waals surface area contributed by atoms with Crippen molar-refractivity contribution in [2.24, 2.45) is 0 Å². The fourth-order valence-electron chi connectivity index (χ4n) is 3.47. The molecule has 0 spiro atoms. The summed E-state index contributed by atoms with van der Waals surface area (Å²) in [6.07, 6.45) is 5.15. The smallest absolute Gasteiger partial charge is 0.264 e. The summed E-state index contributed by atoms with van der Waals surface area (Å²) in [5.41, 5.74) is 1.95. The molecule has 33 heavy (non-hydrogen) atoms. The number of carbonyl (C=O) groups excluding carboxylic acids is 1. The van der Waals surface area contributed by atoms with Crippen LogP contribution in [0.15, 0.2) is 71.9 Å². The van der Waals surface area contributed by atoms with E-state index in [0.717, 1.165) is 24.2 Å². The fraction of sp³-hybridized carbons (Fsp3) is 0.280. The van der Waals surface area contributed by atoms with Crippen LogP contribution in [0.25, 0.3) is 11.0 Å². The summed E-state index contributed by atoms with van der Waals surface area (Å²) in [5, 5.41) is 7.63. The predicted octanol–water partition coefficient (Wildman–Crippen LogP) is 3.25. The van der Waals surface area contributed by atoms with Crippen molar-refractivity contribution in [3.05, 3.63) is 88.6 Å². The Kier molecular flexibility index (Phi) is 7.14. The van der Waals surface area contributed by atoms with Crippen LogP contribution in [-0.4, -0.2) is 38.4 Å². The quantitative estimate of drug-likeness (QED) is 0.379. The van der Waals surface area contributed by atoms with E-state index in [1.54, 1.807) is 39.8 Å². The van der Waals surface area contributed by atoms with Gasteiger partial charge in [-0.2, -0.15) is 5.10 Å². The molecule has 2 aromatic heterocycles. The van der Waals surface area contributed by atoms with E-state index >= 15 is 0 Å². The Morgan fingerprint density at radius 1 is 1.09 bits per heavy atom. The molecule has 0 atom stereocenters. The monoisotopic (exact) mass is 445 g/mol. The number of benzene rings is 2. The summed E-state index contributed by atoms with van der Waals surface area (Å²) in [7, 11) is 0. The Balaban J connectivity index is 1.35. The Bertz CT molecular complexity index is 1260. The highest BCUT2D eigenvalue weighted by atomic mass is 16.5. The number of hydrogen-bond acceptors (Lipinski definition) is 5. The van der Waals surface area contributed by atoms with Crippen LogP contribution in [0.2, 0.25) is 0 Å². The Morgan fingerprint density at radius 3 is 2.64 bits per heavy atom. The second-order valence-electron chi connectivity index (χ2n) is 7.75. The number of hydrogen-bond donors (Lipinski definition) is 1. The van der Waals surface area contributed by atoms with Crippen LogP contribution in [0.4, 0.5) is 0 Å². The van der Waals surface area contributed by atoms with Crippen molar-refractivity contribution >= 4 is 16.9 Å². The average Bonchev–Trinajstić information content (AvgIpc) is 3.26. The summed E-state index contributed by atoms with van der Waals surface area (Å²) in [6.45, 7) is 4.00. The maximum Gasteiger partial charge on any atom is 0.264 e. The molecule has 0 radical (unpaired) electrons. The number of ether oxygens (including phenoxy) is 1. The molecule has 8 nitrogen and oxygen atoms in total. The van der Waals surface area contributed by atoms with Crippen molar-refractivity contribution in [2.45, 2.75) is 32.9 Å². The summed E-state index contributed by atoms with van der Waals surface area (Å²) in [6, 6.07) is 16.8. The van der Waals surface area contributed by atoms with Gasteiger partial charge in [0.1, 0.15) is 17.5 Å². The molecule has 0 aliphatic heterocycles. The van der Waals surface area contributed by atoms with Crippen LogP contribution in [0.5, 0.6) is 5.75 Å². The van der Waals surface area contributed by atoms with Crippen LogP contribution < -0.4 is 15.6 Å². The molecule has 4 aromatic rings. The molecule has 0 aliphatic carbocycles. The lowest BCUT2D eigenvalue weighted by Crippen LogP contribution is -2.27. The SMILES string of the molecule is CCCCOc1ccc(C(=O)NCCn2ncc3c(=O)n(Cc4ccccc4)cnc32)cc1. The normalized spacial score (nSPS) is 10.9. The maximum atomic E-state index is 12.8. The van der Waals surface area contributed by atoms with Gasteiger partial charge in [0.15, 0.2) is 5.65 Å². The van der Waals surface area contributed by atoms with E-state index in [1.807, 2.05) is 30.3 Å². The van der Waals surface area contributed by atoms with Crippen LogP contribution >= 0.6 is 0 Å². The molecule has 2 aromatic carbocycles. The minimum absolute atomic E-state index is 0.139. The molecule has 1 N–H and O–H groups in total. The molecular weight excluding hydrogens is 418 g/mol. The number of nitrogens with one attached hydrogen (secondary N) is 1. The van der Waals surface area contributed by atoms with Crippen LogP contribution in [0, 0.1) is 0 Å². The van der Waals surface area contributed by atoms with E-state index in [4.69, 9.17) is 4.74 Å². The first-order valence-electron chi connectivity index (χ1n) is 11.1. The summed E-state index contributed by atoms with van der Waals surface area (Å²) >= 11 is 0. The number of nitrogens with zero attached hydrogens (tertiary/aromatic N) is 4.